The highest BCUT2D eigenvalue weighted by Crippen LogP contribution is 2.36. The van der Waals surface area contributed by atoms with Crippen molar-refractivity contribution in [1.82, 2.24) is 14.8 Å². The van der Waals surface area contributed by atoms with E-state index in [9.17, 15) is 23.1 Å². The second-order valence-corrected chi connectivity index (χ2v) is 8.15. The van der Waals surface area contributed by atoms with Crippen molar-refractivity contribution in [3.8, 4) is 28.6 Å². The molecule has 7 nitrogen and oxygen atoms in total. The van der Waals surface area contributed by atoms with Gasteiger partial charge < -0.3 is 15.2 Å². The number of carbonyl (C=O) groups is 1. The lowest BCUT2D eigenvalue weighted by Gasteiger charge is -2.15. The van der Waals surface area contributed by atoms with Crippen LogP contribution in [0.1, 0.15) is 5.56 Å². The molecule has 0 fully saturated rings. The Kier molecular flexibility index (Phi) is 6.97. The van der Waals surface area contributed by atoms with Crippen LogP contribution in [-0.2, 0) is 11.0 Å². The molecule has 180 valence electrons. The Labute approximate surface area is 202 Å². The molecular weight excluding hydrogens is 481 g/mol. The number of amides is 1. The molecule has 0 saturated carbocycles. The molecule has 0 aliphatic heterocycles. The molecule has 4 rings (SSSR count). The molecular formula is C24H19F3N4O3S. The third-order valence-electron chi connectivity index (χ3n) is 4.94. The number of ether oxygens (including phenoxy) is 1. The maximum Gasteiger partial charge on any atom is 0.418 e. The maximum absolute atomic E-state index is 13.2. The van der Waals surface area contributed by atoms with Crippen molar-refractivity contribution in [2.75, 3.05) is 18.2 Å². The molecule has 0 saturated heterocycles. The predicted molar refractivity (Wildman–Crippen MR) is 126 cm³/mol. The number of nitrogens with one attached hydrogen (secondary N) is 1. The molecule has 35 heavy (non-hydrogen) atoms. The fourth-order valence-electron chi connectivity index (χ4n) is 3.39. The number of rotatable bonds is 7. The maximum atomic E-state index is 13.2. The zero-order valence-corrected chi connectivity index (χ0v) is 19.1. The van der Waals surface area contributed by atoms with Gasteiger partial charge in [0.15, 0.2) is 11.0 Å². The Morgan fingerprint density at radius 1 is 1.03 bits per heavy atom. The van der Waals surface area contributed by atoms with Crippen LogP contribution in [0.15, 0.2) is 78.0 Å². The molecule has 3 aromatic carbocycles. The van der Waals surface area contributed by atoms with Gasteiger partial charge >= 0.3 is 6.18 Å². The Morgan fingerprint density at radius 3 is 2.46 bits per heavy atom. The zero-order valence-electron chi connectivity index (χ0n) is 18.3. The van der Waals surface area contributed by atoms with Crippen molar-refractivity contribution >= 4 is 23.4 Å². The van der Waals surface area contributed by atoms with E-state index >= 15 is 0 Å². The van der Waals surface area contributed by atoms with Crippen LogP contribution in [0, 0.1) is 0 Å². The zero-order chi connectivity index (χ0) is 25.0. The average molecular weight is 501 g/mol. The van der Waals surface area contributed by atoms with Crippen LogP contribution < -0.4 is 10.1 Å². The van der Waals surface area contributed by atoms with Gasteiger partial charge in [0, 0.05) is 0 Å². The minimum atomic E-state index is -4.60. The van der Waals surface area contributed by atoms with Crippen molar-refractivity contribution in [3.05, 3.63) is 78.4 Å². The Bertz CT molecular complexity index is 1360. The van der Waals surface area contributed by atoms with Gasteiger partial charge in [0.2, 0.25) is 5.91 Å². The molecule has 4 aromatic rings. The van der Waals surface area contributed by atoms with Crippen LogP contribution >= 0.6 is 11.8 Å². The number of phenols is 1. The number of halogens is 3. The highest BCUT2D eigenvalue weighted by molar-refractivity contribution is 7.99. The van der Waals surface area contributed by atoms with Gasteiger partial charge in [-0.05, 0) is 36.4 Å². The van der Waals surface area contributed by atoms with Crippen LogP contribution in [0.2, 0.25) is 0 Å². The summed E-state index contributed by atoms with van der Waals surface area (Å²) in [5.74, 6) is -0.105. The number of phenolic OH excluding ortho intramolecular Hbond substituents is 1. The number of thioether (sulfide) groups is 1. The molecule has 0 aliphatic rings. The van der Waals surface area contributed by atoms with Gasteiger partial charge in [-0.25, -0.2) is 0 Å². The molecule has 11 heteroatoms. The third-order valence-corrected chi connectivity index (χ3v) is 5.87. The lowest BCUT2D eigenvalue weighted by molar-refractivity contribution is -0.137. The number of methoxy groups -OCH3 is 1. The second kappa shape index (κ2) is 10.1. The largest absolute Gasteiger partial charge is 0.507 e. The number of nitrogens with zero attached hydrogens (tertiary/aromatic N) is 3. The molecule has 2 N–H and O–H groups in total. The first-order valence-electron chi connectivity index (χ1n) is 10.3. The molecule has 0 spiro atoms. The number of alkyl halides is 3. The summed E-state index contributed by atoms with van der Waals surface area (Å²) in [6, 6.07) is 18.4. The summed E-state index contributed by atoms with van der Waals surface area (Å²) in [5, 5.41) is 21.3. The number of hydrogen-bond donors (Lipinski definition) is 2. The Balaban J connectivity index is 1.65. The van der Waals surface area contributed by atoms with Crippen LogP contribution in [0.5, 0.6) is 11.5 Å². The standard InChI is InChI=1S/C24H19F3N4O3S/c1-34-20-13-7-5-11-18(20)31-22(15-8-2-6-12-19(15)32)29-30-23(31)35-14-21(33)28-17-10-4-3-9-16(17)24(25,26)27/h2-13,32H,14H2,1H3,(H,28,33). The summed E-state index contributed by atoms with van der Waals surface area (Å²) < 4.78 is 46.8. The fraction of sp³-hybridized carbons (Fsp3) is 0.125. The van der Waals surface area contributed by atoms with E-state index in [2.05, 4.69) is 15.5 Å². The van der Waals surface area contributed by atoms with E-state index in [-0.39, 0.29) is 22.3 Å². The third kappa shape index (κ3) is 5.24. The van der Waals surface area contributed by atoms with E-state index in [4.69, 9.17) is 4.74 Å². The molecule has 1 amide bonds. The number of aromatic nitrogens is 3. The number of para-hydroxylation sites is 4. The monoisotopic (exact) mass is 500 g/mol. The minimum Gasteiger partial charge on any atom is -0.507 e. The first kappa shape index (κ1) is 24.1. The van der Waals surface area contributed by atoms with Gasteiger partial charge in [0.05, 0.1) is 35.4 Å². The highest BCUT2D eigenvalue weighted by atomic mass is 32.2. The lowest BCUT2D eigenvalue weighted by Crippen LogP contribution is -2.18. The highest BCUT2D eigenvalue weighted by Gasteiger charge is 2.33. The van der Waals surface area contributed by atoms with Crippen molar-refractivity contribution in [1.29, 1.82) is 0 Å². The predicted octanol–water partition coefficient (Wildman–Crippen LogP) is 5.40. The van der Waals surface area contributed by atoms with E-state index in [1.165, 1.54) is 31.4 Å². The number of aromatic hydroxyl groups is 1. The molecule has 0 radical (unpaired) electrons. The second-order valence-electron chi connectivity index (χ2n) is 7.21. The summed E-state index contributed by atoms with van der Waals surface area (Å²) in [4.78, 5) is 12.5. The van der Waals surface area contributed by atoms with E-state index in [0.717, 1.165) is 17.8 Å². The number of anilines is 1. The van der Waals surface area contributed by atoms with Crippen LogP contribution in [0.4, 0.5) is 18.9 Å². The number of hydrogen-bond acceptors (Lipinski definition) is 6. The molecule has 1 heterocycles. The summed E-state index contributed by atoms with van der Waals surface area (Å²) in [5.41, 5.74) is -0.297. The molecule has 1 aromatic heterocycles. The SMILES string of the molecule is COc1ccccc1-n1c(SCC(=O)Nc2ccccc2C(F)(F)F)nnc1-c1ccccc1O. The van der Waals surface area contributed by atoms with E-state index in [1.807, 2.05) is 0 Å². The van der Waals surface area contributed by atoms with Gasteiger partial charge in [0.25, 0.3) is 0 Å². The van der Waals surface area contributed by atoms with Crippen molar-refractivity contribution in [3.63, 3.8) is 0 Å². The quantitative estimate of drug-likeness (QED) is 0.331. The summed E-state index contributed by atoms with van der Waals surface area (Å²) >= 11 is 0.982. The molecule has 0 bridgehead atoms. The normalized spacial score (nSPS) is 11.3. The first-order valence-corrected chi connectivity index (χ1v) is 11.2. The van der Waals surface area contributed by atoms with Crippen LogP contribution in [0.3, 0.4) is 0 Å². The van der Waals surface area contributed by atoms with Crippen molar-refractivity contribution < 1.29 is 27.8 Å². The van der Waals surface area contributed by atoms with Gasteiger partial charge in [0.1, 0.15) is 11.5 Å². The smallest absolute Gasteiger partial charge is 0.418 e. The molecule has 0 aliphatic carbocycles. The van der Waals surface area contributed by atoms with Gasteiger partial charge in [-0.15, -0.1) is 10.2 Å². The van der Waals surface area contributed by atoms with Gasteiger partial charge in [-0.1, -0.05) is 48.2 Å². The lowest BCUT2D eigenvalue weighted by atomic mass is 10.1. The van der Waals surface area contributed by atoms with Gasteiger partial charge in [-0.3, -0.25) is 9.36 Å². The topological polar surface area (TPSA) is 89.3 Å². The van der Waals surface area contributed by atoms with E-state index in [1.54, 1.807) is 47.0 Å². The minimum absolute atomic E-state index is 0.0194. The van der Waals surface area contributed by atoms with Crippen molar-refractivity contribution in [2.24, 2.45) is 0 Å². The number of benzene rings is 3. The van der Waals surface area contributed by atoms with Crippen LogP contribution in [0.25, 0.3) is 17.1 Å². The van der Waals surface area contributed by atoms with Gasteiger partial charge in [-0.2, -0.15) is 13.2 Å². The molecule has 0 unspecified atom stereocenters. The molecule has 0 atom stereocenters. The average Bonchev–Trinajstić information content (AvgIpc) is 3.26. The summed E-state index contributed by atoms with van der Waals surface area (Å²) in [6.45, 7) is 0. The van der Waals surface area contributed by atoms with E-state index < -0.39 is 17.6 Å². The van der Waals surface area contributed by atoms with Crippen molar-refractivity contribution in [2.45, 2.75) is 11.3 Å². The van der Waals surface area contributed by atoms with E-state index in [0.29, 0.717) is 22.8 Å². The summed E-state index contributed by atoms with van der Waals surface area (Å²) in [7, 11) is 1.50. The fourth-order valence-corrected chi connectivity index (χ4v) is 4.13. The first-order chi connectivity index (χ1) is 16.8. The summed E-state index contributed by atoms with van der Waals surface area (Å²) in [6.07, 6.45) is -4.60. The Hall–Kier alpha value is -3.99. The Morgan fingerprint density at radius 2 is 1.71 bits per heavy atom. The van der Waals surface area contributed by atoms with Crippen LogP contribution in [-0.4, -0.2) is 38.6 Å². The number of carbonyl (C=O) groups excluding carboxylic acids is 1.